The number of hydrogen-bond donors (Lipinski definition) is 1. The van der Waals surface area contributed by atoms with Gasteiger partial charge in [0.25, 0.3) is 0 Å². The Morgan fingerprint density at radius 3 is 2.65 bits per heavy atom. The molecule has 0 bridgehead atoms. The van der Waals surface area contributed by atoms with Gasteiger partial charge in [-0.05, 0) is 30.5 Å². The van der Waals surface area contributed by atoms with Gasteiger partial charge in [-0.15, -0.1) is 0 Å². The number of hydrogen-bond acceptors (Lipinski definition) is 2. The molecule has 0 radical (unpaired) electrons. The lowest BCUT2D eigenvalue weighted by Gasteiger charge is -2.39. The molecule has 0 spiro atoms. The van der Waals surface area contributed by atoms with E-state index in [-0.39, 0.29) is 23.4 Å². The molecule has 1 aromatic carbocycles. The largest absolute Gasteiger partial charge is 0.329 e. The highest BCUT2D eigenvalue weighted by molar-refractivity contribution is 6.31. The third-order valence-electron chi connectivity index (χ3n) is 3.66. The number of benzene rings is 1. The minimum atomic E-state index is -0.386. The molecule has 1 aromatic rings. The highest BCUT2D eigenvalue weighted by Gasteiger charge is 2.42. The van der Waals surface area contributed by atoms with E-state index in [0.29, 0.717) is 17.1 Å². The van der Waals surface area contributed by atoms with Crippen molar-refractivity contribution in [2.45, 2.75) is 25.7 Å². The van der Waals surface area contributed by atoms with Crippen molar-refractivity contribution < 1.29 is 9.18 Å². The van der Waals surface area contributed by atoms with Crippen molar-refractivity contribution in [1.29, 1.82) is 0 Å². The topological polar surface area (TPSA) is 43.1 Å². The molecule has 2 rings (SSSR count). The summed E-state index contributed by atoms with van der Waals surface area (Å²) in [6.45, 7) is 0.393. The van der Waals surface area contributed by atoms with E-state index < -0.39 is 0 Å². The summed E-state index contributed by atoms with van der Waals surface area (Å²) in [5, 5.41) is 0.310. The lowest BCUT2D eigenvalue weighted by atomic mass is 9.65. The number of Topliss-reactive ketones (excluding diaryl/α,β-unsaturated/α-hetero) is 1. The molecule has 1 fully saturated rings. The Bertz CT molecular complexity index is 438. The summed E-state index contributed by atoms with van der Waals surface area (Å²) < 4.78 is 12.9. The SMILES string of the molecule is NCC1(C(=O)Cc2ccc(F)cc2Cl)CCC1. The molecule has 0 amide bonds. The van der Waals surface area contributed by atoms with Crippen LogP contribution >= 0.6 is 11.6 Å². The van der Waals surface area contributed by atoms with Gasteiger partial charge in [-0.2, -0.15) is 0 Å². The Balaban J connectivity index is 2.13. The summed E-state index contributed by atoms with van der Waals surface area (Å²) in [5.74, 6) is -0.261. The van der Waals surface area contributed by atoms with Gasteiger partial charge in [0.1, 0.15) is 11.6 Å². The second kappa shape index (κ2) is 4.75. The number of halogens is 2. The van der Waals surface area contributed by atoms with Crippen LogP contribution < -0.4 is 5.73 Å². The van der Waals surface area contributed by atoms with E-state index in [0.717, 1.165) is 19.3 Å². The van der Waals surface area contributed by atoms with Crippen LogP contribution in [0.1, 0.15) is 24.8 Å². The van der Waals surface area contributed by atoms with E-state index in [4.69, 9.17) is 17.3 Å². The standard InChI is InChI=1S/C13H15ClFNO/c14-11-7-10(15)3-2-9(11)6-12(17)13(8-16)4-1-5-13/h2-3,7H,1,4-6,8,16H2. The lowest BCUT2D eigenvalue weighted by Crippen LogP contribution is -2.45. The van der Waals surface area contributed by atoms with Crippen LogP contribution in [0.3, 0.4) is 0 Å². The van der Waals surface area contributed by atoms with Gasteiger partial charge in [0.15, 0.2) is 0 Å². The van der Waals surface area contributed by atoms with Gasteiger partial charge in [0, 0.05) is 23.4 Å². The molecule has 2 N–H and O–H groups in total. The van der Waals surface area contributed by atoms with Crippen LogP contribution in [0.15, 0.2) is 18.2 Å². The molecular formula is C13H15ClFNO. The third kappa shape index (κ3) is 2.35. The van der Waals surface area contributed by atoms with E-state index in [1.807, 2.05) is 0 Å². The minimum absolute atomic E-state index is 0.125. The number of carbonyl (C=O) groups excluding carboxylic acids is 1. The van der Waals surface area contributed by atoms with E-state index in [9.17, 15) is 9.18 Å². The Hall–Kier alpha value is -0.930. The Kier molecular flexibility index (Phi) is 3.50. The molecule has 4 heteroatoms. The molecule has 0 unspecified atom stereocenters. The second-order valence-corrected chi connectivity index (χ2v) is 5.08. The molecule has 0 atom stereocenters. The van der Waals surface area contributed by atoms with Gasteiger partial charge in [0.2, 0.25) is 0 Å². The van der Waals surface area contributed by atoms with Crippen molar-refractivity contribution in [2.24, 2.45) is 11.1 Å². The van der Waals surface area contributed by atoms with Crippen molar-refractivity contribution in [3.63, 3.8) is 0 Å². The van der Waals surface area contributed by atoms with E-state index in [1.165, 1.54) is 12.1 Å². The summed E-state index contributed by atoms with van der Waals surface area (Å²) in [7, 11) is 0. The molecule has 1 aliphatic rings. The van der Waals surface area contributed by atoms with Crippen LogP contribution in [0.25, 0.3) is 0 Å². The third-order valence-corrected chi connectivity index (χ3v) is 4.01. The summed E-state index contributed by atoms with van der Waals surface area (Å²) in [5.41, 5.74) is 6.00. The molecule has 0 heterocycles. The zero-order valence-electron chi connectivity index (χ0n) is 9.51. The molecule has 2 nitrogen and oxygen atoms in total. The summed E-state index contributed by atoms with van der Waals surface area (Å²) in [6, 6.07) is 4.13. The fourth-order valence-electron chi connectivity index (χ4n) is 2.23. The molecular weight excluding hydrogens is 241 g/mol. The molecule has 17 heavy (non-hydrogen) atoms. The molecule has 1 aliphatic carbocycles. The Labute approximate surface area is 105 Å². The number of ketones is 1. The van der Waals surface area contributed by atoms with E-state index in [1.54, 1.807) is 6.07 Å². The maximum Gasteiger partial charge on any atom is 0.144 e. The molecule has 0 aliphatic heterocycles. The Morgan fingerprint density at radius 1 is 1.47 bits per heavy atom. The van der Waals surface area contributed by atoms with Gasteiger partial charge >= 0.3 is 0 Å². The van der Waals surface area contributed by atoms with Crippen LogP contribution in [0.5, 0.6) is 0 Å². The Morgan fingerprint density at radius 2 is 2.18 bits per heavy atom. The minimum Gasteiger partial charge on any atom is -0.329 e. The highest BCUT2D eigenvalue weighted by atomic mass is 35.5. The van der Waals surface area contributed by atoms with Crippen LogP contribution in [-0.2, 0) is 11.2 Å². The zero-order valence-corrected chi connectivity index (χ0v) is 10.3. The first-order valence-electron chi connectivity index (χ1n) is 5.75. The van der Waals surface area contributed by atoms with Crippen LogP contribution in [0.2, 0.25) is 5.02 Å². The predicted molar refractivity (Wildman–Crippen MR) is 65.5 cm³/mol. The average molecular weight is 256 g/mol. The molecule has 1 saturated carbocycles. The van der Waals surface area contributed by atoms with Gasteiger partial charge in [-0.1, -0.05) is 24.1 Å². The molecule has 0 aromatic heterocycles. The number of nitrogens with two attached hydrogens (primary N) is 1. The molecule has 0 saturated heterocycles. The average Bonchev–Trinajstić information content (AvgIpc) is 2.21. The van der Waals surface area contributed by atoms with Gasteiger partial charge < -0.3 is 5.73 Å². The normalized spacial score (nSPS) is 17.6. The van der Waals surface area contributed by atoms with Crippen LogP contribution in [-0.4, -0.2) is 12.3 Å². The van der Waals surface area contributed by atoms with Gasteiger partial charge in [0.05, 0.1) is 0 Å². The quantitative estimate of drug-likeness (QED) is 0.899. The van der Waals surface area contributed by atoms with Crippen molar-refractivity contribution >= 4 is 17.4 Å². The molecule has 92 valence electrons. The highest BCUT2D eigenvalue weighted by Crippen LogP contribution is 2.41. The fraction of sp³-hybridized carbons (Fsp3) is 0.462. The summed E-state index contributed by atoms with van der Waals surface area (Å²) in [6.07, 6.45) is 3.03. The van der Waals surface area contributed by atoms with Crippen molar-refractivity contribution in [3.05, 3.63) is 34.6 Å². The predicted octanol–water partition coefficient (Wildman–Crippen LogP) is 2.72. The fourth-order valence-corrected chi connectivity index (χ4v) is 2.46. The first-order chi connectivity index (χ1) is 8.07. The van der Waals surface area contributed by atoms with E-state index >= 15 is 0 Å². The second-order valence-electron chi connectivity index (χ2n) is 4.67. The van der Waals surface area contributed by atoms with Gasteiger partial charge in [-0.25, -0.2) is 4.39 Å². The smallest absolute Gasteiger partial charge is 0.144 e. The summed E-state index contributed by atoms with van der Waals surface area (Å²) >= 11 is 5.90. The first-order valence-corrected chi connectivity index (χ1v) is 6.12. The first kappa shape index (κ1) is 12.5. The van der Waals surface area contributed by atoms with Crippen molar-refractivity contribution in [3.8, 4) is 0 Å². The number of rotatable bonds is 4. The lowest BCUT2D eigenvalue weighted by molar-refractivity contribution is -0.132. The van der Waals surface area contributed by atoms with Gasteiger partial charge in [-0.3, -0.25) is 4.79 Å². The van der Waals surface area contributed by atoms with E-state index in [2.05, 4.69) is 0 Å². The maximum absolute atomic E-state index is 12.9. The van der Waals surface area contributed by atoms with Crippen molar-refractivity contribution in [2.75, 3.05) is 6.54 Å². The van der Waals surface area contributed by atoms with Crippen molar-refractivity contribution in [1.82, 2.24) is 0 Å². The monoisotopic (exact) mass is 255 g/mol. The zero-order chi connectivity index (χ0) is 12.5. The summed E-state index contributed by atoms with van der Waals surface area (Å²) in [4.78, 5) is 12.2. The van der Waals surface area contributed by atoms with Crippen LogP contribution in [0.4, 0.5) is 4.39 Å². The number of carbonyl (C=O) groups is 1. The maximum atomic E-state index is 12.9. The van der Waals surface area contributed by atoms with Crippen LogP contribution in [0, 0.1) is 11.2 Å².